The molecule has 0 radical (unpaired) electrons. The van der Waals surface area contributed by atoms with Crippen molar-refractivity contribution in [3.63, 3.8) is 0 Å². The second-order valence-corrected chi connectivity index (χ2v) is 4.96. The zero-order chi connectivity index (χ0) is 14.7. The predicted molar refractivity (Wildman–Crippen MR) is 78.4 cm³/mol. The molecule has 1 aromatic carbocycles. The average Bonchev–Trinajstić information content (AvgIpc) is 2.81. The van der Waals surface area contributed by atoms with E-state index in [2.05, 4.69) is 0 Å². The van der Waals surface area contributed by atoms with Crippen molar-refractivity contribution in [2.24, 2.45) is 5.73 Å². The summed E-state index contributed by atoms with van der Waals surface area (Å²) in [6.45, 7) is 4.23. The van der Waals surface area contributed by atoms with Gasteiger partial charge in [0, 0.05) is 30.4 Å². The van der Waals surface area contributed by atoms with E-state index in [0.717, 1.165) is 0 Å². The Balaban J connectivity index is 2.41. The minimum absolute atomic E-state index is 0.00862. The molecule has 0 saturated heterocycles. The number of aromatic nitrogens is 2. The number of ketones is 1. The molecule has 0 aliphatic rings. The van der Waals surface area contributed by atoms with E-state index in [0.29, 0.717) is 24.2 Å². The molecule has 2 rings (SSSR count). The van der Waals surface area contributed by atoms with E-state index in [9.17, 15) is 9.59 Å². The Morgan fingerprint density at radius 1 is 1.30 bits per heavy atom. The Bertz CT molecular complexity index is 668. The van der Waals surface area contributed by atoms with Crippen LogP contribution in [0.4, 0.5) is 0 Å². The van der Waals surface area contributed by atoms with Gasteiger partial charge in [0.15, 0.2) is 5.78 Å². The van der Waals surface area contributed by atoms with Crippen LogP contribution in [0.3, 0.4) is 0 Å². The first-order chi connectivity index (χ1) is 9.54. The summed E-state index contributed by atoms with van der Waals surface area (Å²) in [6, 6.07) is 7.16. The van der Waals surface area contributed by atoms with Crippen molar-refractivity contribution in [3.05, 3.63) is 52.7 Å². The van der Waals surface area contributed by atoms with E-state index >= 15 is 0 Å². The zero-order valence-corrected chi connectivity index (χ0v) is 11.7. The largest absolute Gasteiger partial charge is 0.332 e. The summed E-state index contributed by atoms with van der Waals surface area (Å²) in [6.07, 6.45) is 3.78. The monoisotopic (exact) mass is 273 g/mol. The van der Waals surface area contributed by atoms with E-state index in [1.54, 1.807) is 39.7 Å². The predicted octanol–water partition coefficient (Wildman–Crippen LogP) is 1.75. The van der Waals surface area contributed by atoms with Gasteiger partial charge in [-0.05, 0) is 32.5 Å². The fourth-order valence-electron chi connectivity index (χ4n) is 2.08. The molecule has 0 atom stereocenters. The molecule has 0 bridgehead atoms. The second kappa shape index (κ2) is 5.88. The van der Waals surface area contributed by atoms with E-state index in [4.69, 9.17) is 5.73 Å². The first kappa shape index (κ1) is 14.3. The standard InChI is InChI=1S/C15H19N3O2/c1-11(2)17-8-9-18(15(17)20)13-5-3-4-12(10-13)14(19)6-7-16/h3-5,8-11H,6-7,16H2,1-2H3. The van der Waals surface area contributed by atoms with Crippen molar-refractivity contribution in [2.75, 3.05) is 6.54 Å². The number of Topliss-reactive ketones (excluding diaryl/α,β-unsaturated/α-hetero) is 1. The number of carbonyl (C=O) groups excluding carboxylic acids is 1. The molecule has 5 heteroatoms. The fourth-order valence-corrected chi connectivity index (χ4v) is 2.08. The lowest BCUT2D eigenvalue weighted by molar-refractivity contribution is 0.0985. The van der Waals surface area contributed by atoms with Gasteiger partial charge in [-0.2, -0.15) is 0 Å². The molecule has 0 spiro atoms. The summed E-state index contributed by atoms with van der Waals surface area (Å²) in [5.74, 6) is -0.00862. The highest BCUT2D eigenvalue weighted by atomic mass is 16.1. The Morgan fingerprint density at radius 3 is 2.65 bits per heavy atom. The maximum atomic E-state index is 12.2. The van der Waals surface area contributed by atoms with Crippen molar-refractivity contribution in [1.82, 2.24) is 9.13 Å². The van der Waals surface area contributed by atoms with Gasteiger partial charge in [-0.15, -0.1) is 0 Å². The maximum absolute atomic E-state index is 12.2. The van der Waals surface area contributed by atoms with Gasteiger partial charge < -0.3 is 5.73 Å². The number of imidazole rings is 1. The highest BCUT2D eigenvalue weighted by Gasteiger charge is 2.10. The molecule has 1 aromatic heterocycles. The van der Waals surface area contributed by atoms with E-state index in [1.807, 2.05) is 19.9 Å². The topological polar surface area (TPSA) is 70.0 Å². The van der Waals surface area contributed by atoms with Gasteiger partial charge in [0.2, 0.25) is 0 Å². The molecule has 0 amide bonds. The maximum Gasteiger partial charge on any atom is 0.332 e. The Labute approximate surface area is 117 Å². The number of nitrogens with zero attached hydrogens (tertiary/aromatic N) is 2. The molecule has 2 N–H and O–H groups in total. The van der Waals surface area contributed by atoms with Crippen LogP contribution in [-0.2, 0) is 0 Å². The quantitative estimate of drug-likeness (QED) is 0.844. The Morgan fingerprint density at radius 2 is 2.05 bits per heavy atom. The second-order valence-electron chi connectivity index (χ2n) is 4.96. The van der Waals surface area contributed by atoms with Gasteiger partial charge in [-0.25, -0.2) is 4.79 Å². The van der Waals surface area contributed by atoms with Crippen molar-refractivity contribution in [2.45, 2.75) is 26.3 Å². The third-order valence-electron chi connectivity index (χ3n) is 3.18. The molecule has 5 nitrogen and oxygen atoms in total. The molecule has 1 heterocycles. The molecule has 0 fully saturated rings. The molecule has 20 heavy (non-hydrogen) atoms. The van der Waals surface area contributed by atoms with Gasteiger partial charge in [0.1, 0.15) is 0 Å². The van der Waals surface area contributed by atoms with Gasteiger partial charge in [-0.1, -0.05) is 12.1 Å². The van der Waals surface area contributed by atoms with Crippen LogP contribution in [0, 0.1) is 0 Å². The summed E-state index contributed by atoms with van der Waals surface area (Å²) in [5.41, 5.74) is 6.56. The first-order valence-corrected chi connectivity index (χ1v) is 6.67. The van der Waals surface area contributed by atoms with Crippen LogP contribution in [0.5, 0.6) is 0 Å². The molecule has 0 aliphatic heterocycles. The van der Waals surface area contributed by atoms with Gasteiger partial charge in [0.25, 0.3) is 0 Å². The minimum Gasteiger partial charge on any atom is -0.330 e. The number of rotatable bonds is 5. The number of nitrogens with two attached hydrogens (primary N) is 1. The average molecular weight is 273 g/mol. The normalized spacial score (nSPS) is 11.0. The molecule has 106 valence electrons. The summed E-state index contributed by atoms with van der Waals surface area (Å²) < 4.78 is 3.19. The molecular weight excluding hydrogens is 254 g/mol. The summed E-state index contributed by atoms with van der Waals surface area (Å²) >= 11 is 0. The first-order valence-electron chi connectivity index (χ1n) is 6.67. The van der Waals surface area contributed by atoms with Gasteiger partial charge in [0.05, 0.1) is 5.69 Å². The molecule has 0 saturated carbocycles. The van der Waals surface area contributed by atoms with Crippen molar-refractivity contribution >= 4 is 5.78 Å². The van der Waals surface area contributed by atoms with Gasteiger partial charge >= 0.3 is 5.69 Å². The Hall–Kier alpha value is -2.14. The summed E-state index contributed by atoms with van der Waals surface area (Å²) in [4.78, 5) is 24.1. The fraction of sp³-hybridized carbons (Fsp3) is 0.333. The number of hydrogen-bond acceptors (Lipinski definition) is 3. The molecular formula is C15H19N3O2. The van der Waals surface area contributed by atoms with Crippen molar-refractivity contribution < 1.29 is 4.79 Å². The third-order valence-corrected chi connectivity index (χ3v) is 3.18. The summed E-state index contributed by atoms with van der Waals surface area (Å²) in [5, 5.41) is 0. The van der Waals surface area contributed by atoms with E-state index < -0.39 is 0 Å². The van der Waals surface area contributed by atoms with Crippen molar-refractivity contribution in [3.8, 4) is 5.69 Å². The minimum atomic E-state index is -0.108. The van der Waals surface area contributed by atoms with Crippen LogP contribution in [-0.4, -0.2) is 21.5 Å². The molecule has 0 unspecified atom stereocenters. The SMILES string of the molecule is CC(C)n1ccn(-c2cccc(C(=O)CCN)c2)c1=O. The number of hydrogen-bond donors (Lipinski definition) is 1. The van der Waals surface area contributed by atoms with Crippen LogP contribution >= 0.6 is 0 Å². The number of carbonyl (C=O) groups is 1. The zero-order valence-electron chi connectivity index (χ0n) is 11.7. The van der Waals surface area contributed by atoms with Crippen LogP contribution in [0.1, 0.15) is 36.7 Å². The van der Waals surface area contributed by atoms with Crippen LogP contribution < -0.4 is 11.4 Å². The molecule has 2 aromatic rings. The van der Waals surface area contributed by atoms with Crippen molar-refractivity contribution in [1.29, 1.82) is 0 Å². The lowest BCUT2D eigenvalue weighted by Crippen LogP contribution is -2.24. The lowest BCUT2D eigenvalue weighted by atomic mass is 10.1. The number of benzene rings is 1. The van der Waals surface area contributed by atoms with Crippen LogP contribution in [0.15, 0.2) is 41.5 Å². The lowest BCUT2D eigenvalue weighted by Gasteiger charge is -2.06. The smallest absolute Gasteiger partial charge is 0.330 e. The summed E-state index contributed by atoms with van der Waals surface area (Å²) in [7, 11) is 0. The van der Waals surface area contributed by atoms with Crippen LogP contribution in [0.25, 0.3) is 5.69 Å². The van der Waals surface area contributed by atoms with E-state index in [-0.39, 0.29) is 17.5 Å². The highest BCUT2D eigenvalue weighted by Crippen LogP contribution is 2.11. The van der Waals surface area contributed by atoms with Crippen LogP contribution in [0.2, 0.25) is 0 Å². The van der Waals surface area contributed by atoms with Gasteiger partial charge in [-0.3, -0.25) is 13.9 Å². The van der Waals surface area contributed by atoms with E-state index in [1.165, 1.54) is 0 Å². The Kier molecular flexibility index (Phi) is 4.20. The third kappa shape index (κ3) is 2.72. The highest BCUT2D eigenvalue weighted by molar-refractivity contribution is 5.96. The molecule has 0 aliphatic carbocycles.